The molecule has 1 heterocycles. The molecule has 2 atom stereocenters. The van der Waals surface area contributed by atoms with Crippen molar-refractivity contribution in [3.8, 4) is 0 Å². The van der Waals surface area contributed by atoms with Gasteiger partial charge in [0.2, 0.25) is 0 Å². The second-order valence-corrected chi connectivity index (χ2v) is 8.12. The number of nitrogens with zero attached hydrogens (tertiary/aromatic N) is 1. The Bertz CT molecular complexity index is 570. The van der Waals surface area contributed by atoms with Gasteiger partial charge >= 0.3 is 5.97 Å². The van der Waals surface area contributed by atoms with Crippen molar-refractivity contribution in [1.82, 2.24) is 10.2 Å². The van der Waals surface area contributed by atoms with Crippen LogP contribution in [-0.4, -0.2) is 21.3 Å². The van der Waals surface area contributed by atoms with Crippen molar-refractivity contribution in [3.05, 3.63) is 17.0 Å². The SMILES string of the molecule is Cc1n[nH]c(C)c1C12CC3CC(CC(CC(=O)O)(C3)C1)C2. The molecule has 0 aromatic carbocycles. The monoisotopic (exact) mass is 288 g/mol. The number of carboxylic acids is 1. The van der Waals surface area contributed by atoms with E-state index in [2.05, 4.69) is 24.0 Å². The summed E-state index contributed by atoms with van der Waals surface area (Å²) in [4.78, 5) is 11.4. The van der Waals surface area contributed by atoms with E-state index in [1.165, 1.54) is 30.5 Å². The predicted octanol–water partition coefficient (Wildman–Crippen LogP) is 3.34. The van der Waals surface area contributed by atoms with Crippen molar-refractivity contribution in [2.24, 2.45) is 17.3 Å². The smallest absolute Gasteiger partial charge is 0.303 e. The summed E-state index contributed by atoms with van der Waals surface area (Å²) in [6, 6.07) is 0. The Hall–Kier alpha value is -1.32. The zero-order chi connectivity index (χ0) is 14.8. The molecule has 0 spiro atoms. The predicted molar refractivity (Wildman–Crippen MR) is 79.1 cm³/mol. The Labute approximate surface area is 125 Å². The van der Waals surface area contributed by atoms with Crippen molar-refractivity contribution in [2.45, 2.75) is 64.2 Å². The van der Waals surface area contributed by atoms with Crippen molar-refractivity contribution in [3.63, 3.8) is 0 Å². The number of rotatable bonds is 3. The molecule has 2 N–H and O–H groups in total. The Balaban J connectivity index is 1.79. The van der Waals surface area contributed by atoms with Crippen LogP contribution in [0.1, 0.15) is 61.9 Å². The maximum atomic E-state index is 11.4. The average Bonchev–Trinajstić information content (AvgIpc) is 2.65. The third-order valence-corrected chi connectivity index (χ3v) is 6.37. The molecule has 4 fully saturated rings. The minimum atomic E-state index is -0.618. The highest BCUT2D eigenvalue weighted by Gasteiger charge is 2.59. The Morgan fingerprint density at radius 1 is 1.29 bits per heavy atom. The highest BCUT2D eigenvalue weighted by atomic mass is 16.4. The summed E-state index contributed by atoms with van der Waals surface area (Å²) in [6.07, 6.45) is 7.48. The maximum absolute atomic E-state index is 11.4. The molecule has 4 bridgehead atoms. The molecule has 0 amide bonds. The summed E-state index contributed by atoms with van der Waals surface area (Å²) < 4.78 is 0. The first-order valence-electron chi connectivity index (χ1n) is 8.15. The number of carbonyl (C=O) groups is 1. The summed E-state index contributed by atoms with van der Waals surface area (Å²) in [5, 5.41) is 16.9. The summed E-state index contributed by atoms with van der Waals surface area (Å²) in [6.45, 7) is 4.22. The van der Waals surface area contributed by atoms with Gasteiger partial charge in [0.25, 0.3) is 0 Å². The van der Waals surface area contributed by atoms with E-state index < -0.39 is 5.97 Å². The molecule has 21 heavy (non-hydrogen) atoms. The molecule has 0 saturated heterocycles. The highest BCUT2D eigenvalue weighted by molar-refractivity contribution is 5.68. The molecule has 4 aliphatic carbocycles. The van der Waals surface area contributed by atoms with Crippen LogP contribution in [0.3, 0.4) is 0 Å². The van der Waals surface area contributed by atoms with Crippen LogP contribution in [0.2, 0.25) is 0 Å². The number of H-pyrrole nitrogens is 1. The van der Waals surface area contributed by atoms with Crippen LogP contribution >= 0.6 is 0 Å². The fourth-order valence-electron chi connectivity index (χ4n) is 6.60. The van der Waals surface area contributed by atoms with Crippen molar-refractivity contribution >= 4 is 5.97 Å². The largest absolute Gasteiger partial charge is 0.481 e. The molecule has 114 valence electrons. The van der Waals surface area contributed by atoms with Crippen LogP contribution in [0.25, 0.3) is 0 Å². The average molecular weight is 288 g/mol. The first kappa shape index (κ1) is 13.4. The standard InChI is InChI=1S/C17H24N2O2/c1-10-15(11(2)19-18-10)17-6-12-3-13(7-17)5-16(4-12,9-17)8-14(20)21/h12-13H,3-9H2,1-2H3,(H,18,19)(H,20,21). The number of aliphatic carboxylic acids is 1. The minimum Gasteiger partial charge on any atom is -0.481 e. The third kappa shape index (κ3) is 1.87. The van der Waals surface area contributed by atoms with Gasteiger partial charge in [-0.2, -0.15) is 5.10 Å². The normalized spacial score (nSPS) is 40.7. The molecule has 1 aromatic rings. The molecule has 2 unspecified atom stereocenters. The van der Waals surface area contributed by atoms with E-state index in [0.717, 1.165) is 36.8 Å². The van der Waals surface area contributed by atoms with Crippen LogP contribution in [0.5, 0.6) is 0 Å². The number of aromatic nitrogens is 2. The summed E-state index contributed by atoms with van der Waals surface area (Å²) in [7, 11) is 0. The summed E-state index contributed by atoms with van der Waals surface area (Å²) in [5.41, 5.74) is 3.97. The summed E-state index contributed by atoms with van der Waals surface area (Å²) in [5.74, 6) is 0.825. The van der Waals surface area contributed by atoms with Crippen LogP contribution in [-0.2, 0) is 10.2 Å². The second kappa shape index (κ2) is 4.11. The number of hydrogen-bond acceptors (Lipinski definition) is 2. The fraction of sp³-hybridized carbons (Fsp3) is 0.765. The van der Waals surface area contributed by atoms with E-state index in [-0.39, 0.29) is 10.8 Å². The molecule has 4 nitrogen and oxygen atoms in total. The molecule has 5 rings (SSSR count). The molecule has 0 aliphatic heterocycles. The third-order valence-electron chi connectivity index (χ3n) is 6.37. The van der Waals surface area contributed by atoms with Gasteiger partial charge in [-0.25, -0.2) is 0 Å². The topological polar surface area (TPSA) is 66.0 Å². The molecule has 4 heteroatoms. The Kier molecular flexibility index (Phi) is 2.61. The quantitative estimate of drug-likeness (QED) is 0.896. The van der Waals surface area contributed by atoms with Gasteiger partial charge in [-0.15, -0.1) is 0 Å². The number of nitrogens with one attached hydrogen (secondary N) is 1. The molecule has 0 radical (unpaired) electrons. The zero-order valence-electron chi connectivity index (χ0n) is 12.9. The fourth-order valence-corrected chi connectivity index (χ4v) is 6.60. The van der Waals surface area contributed by atoms with Crippen LogP contribution in [0.4, 0.5) is 0 Å². The first-order chi connectivity index (χ1) is 9.91. The first-order valence-corrected chi connectivity index (χ1v) is 8.15. The molecule has 4 saturated carbocycles. The lowest BCUT2D eigenvalue weighted by atomic mass is 9.42. The van der Waals surface area contributed by atoms with Crippen LogP contribution in [0.15, 0.2) is 0 Å². The molecule has 4 aliphatic rings. The van der Waals surface area contributed by atoms with Gasteiger partial charge in [0, 0.05) is 16.7 Å². The minimum absolute atomic E-state index is 0.0477. The van der Waals surface area contributed by atoms with E-state index in [4.69, 9.17) is 0 Å². The highest BCUT2D eigenvalue weighted by Crippen LogP contribution is 2.67. The van der Waals surface area contributed by atoms with Crippen LogP contribution in [0, 0.1) is 31.1 Å². The number of aromatic amines is 1. The molecular weight excluding hydrogens is 264 g/mol. The van der Waals surface area contributed by atoms with Crippen molar-refractivity contribution < 1.29 is 9.90 Å². The van der Waals surface area contributed by atoms with E-state index >= 15 is 0 Å². The molecular formula is C17H24N2O2. The summed E-state index contributed by atoms with van der Waals surface area (Å²) >= 11 is 0. The van der Waals surface area contributed by atoms with Crippen molar-refractivity contribution in [2.75, 3.05) is 0 Å². The van der Waals surface area contributed by atoms with Gasteiger partial charge in [0.1, 0.15) is 0 Å². The maximum Gasteiger partial charge on any atom is 0.303 e. The Morgan fingerprint density at radius 3 is 2.48 bits per heavy atom. The molecule has 1 aromatic heterocycles. The number of carboxylic acid groups (broad SMARTS) is 1. The Morgan fingerprint density at radius 2 is 1.95 bits per heavy atom. The number of hydrogen-bond donors (Lipinski definition) is 2. The van der Waals surface area contributed by atoms with E-state index in [0.29, 0.717) is 6.42 Å². The second-order valence-electron chi connectivity index (χ2n) is 8.12. The lowest BCUT2D eigenvalue weighted by Crippen LogP contribution is -2.54. The van der Waals surface area contributed by atoms with E-state index in [1.54, 1.807) is 0 Å². The lowest BCUT2D eigenvalue weighted by molar-refractivity contribution is -0.146. The van der Waals surface area contributed by atoms with Gasteiger partial charge < -0.3 is 5.11 Å². The van der Waals surface area contributed by atoms with Gasteiger partial charge in [0.05, 0.1) is 12.1 Å². The lowest BCUT2D eigenvalue weighted by Gasteiger charge is -2.62. The van der Waals surface area contributed by atoms with E-state index in [1.807, 2.05) is 0 Å². The van der Waals surface area contributed by atoms with Gasteiger partial charge in [0.15, 0.2) is 0 Å². The number of aryl methyl sites for hydroxylation is 2. The van der Waals surface area contributed by atoms with Gasteiger partial charge in [-0.3, -0.25) is 9.89 Å². The van der Waals surface area contributed by atoms with Crippen LogP contribution < -0.4 is 0 Å². The van der Waals surface area contributed by atoms with Crippen molar-refractivity contribution in [1.29, 1.82) is 0 Å². The van der Waals surface area contributed by atoms with E-state index in [9.17, 15) is 9.90 Å². The van der Waals surface area contributed by atoms with Gasteiger partial charge in [-0.1, -0.05) is 0 Å². The zero-order valence-corrected chi connectivity index (χ0v) is 12.9. The van der Waals surface area contributed by atoms with Gasteiger partial charge in [-0.05, 0) is 69.6 Å².